The summed E-state index contributed by atoms with van der Waals surface area (Å²) in [5.41, 5.74) is 16.1. The zero-order valence-corrected chi connectivity index (χ0v) is 28.8. The third-order valence-electron chi connectivity index (χ3n) is 10.8. The van der Waals surface area contributed by atoms with Crippen molar-refractivity contribution in [2.75, 3.05) is 9.80 Å². The van der Waals surface area contributed by atoms with Crippen molar-refractivity contribution >= 4 is 34.1 Å². The van der Waals surface area contributed by atoms with Gasteiger partial charge in [-0.25, -0.2) is 0 Å². The van der Waals surface area contributed by atoms with Crippen molar-refractivity contribution in [1.82, 2.24) is 9.97 Å². The number of benzene rings is 5. The topological polar surface area (TPSA) is 32.3 Å². The Labute approximate surface area is 294 Å². The molecule has 0 atom stereocenters. The fourth-order valence-electron chi connectivity index (χ4n) is 8.31. The maximum absolute atomic E-state index is 4.63. The zero-order valence-electron chi connectivity index (χ0n) is 28.8. The molecule has 2 aliphatic heterocycles. The molecule has 2 aromatic heterocycles. The second kappa shape index (κ2) is 11.3. The maximum Gasteiger partial charge on any atom is 0.0548 e. The van der Waals surface area contributed by atoms with E-state index in [1.807, 2.05) is 36.9 Å². The first-order chi connectivity index (χ1) is 24.4. The van der Waals surface area contributed by atoms with Crippen molar-refractivity contribution in [2.45, 2.75) is 38.5 Å². The maximum atomic E-state index is 4.63. The summed E-state index contributed by atoms with van der Waals surface area (Å²) in [6, 6.07) is 48.6. The average Bonchev–Trinajstić information content (AvgIpc) is 3.16. The summed E-state index contributed by atoms with van der Waals surface area (Å²) in [6.45, 7) is 9.34. The number of nitrogens with zero attached hydrogens (tertiary/aromatic N) is 4. The van der Waals surface area contributed by atoms with Gasteiger partial charge in [0, 0.05) is 57.9 Å². The minimum Gasteiger partial charge on any atom is -0.309 e. The molecule has 2 aliphatic rings. The molecule has 5 aromatic carbocycles. The summed E-state index contributed by atoms with van der Waals surface area (Å²) < 4.78 is 0. The highest BCUT2D eigenvalue weighted by Crippen LogP contribution is 2.57. The van der Waals surface area contributed by atoms with Crippen LogP contribution in [0.1, 0.15) is 49.9 Å². The van der Waals surface area contributed by atoms with E-state index in [9.17, 15) is 0 Å². The number of hydrogen-bond donors (Lipinski definition) is 0. The molecular weight excluding hydrogens is 609 g/mol. The van der Waals surface area contributed by atoms with Crippen LogP contribution in [0.15, 0.2) is 158 Å². The lowest BCUT2D eigenvalue weighted by atomic mass is 9.73. The summed E-state index contributed by atoms with van der Waals surface area (Å²) >= 11 is 0. The van der Waals surface area contributed by atoms with Crippen LogP contribution in [-0.2, 0) is 10.8 Å². The molecule has 0 fully saturated rings. The molecule has 0 radical (unpaired) electrons. The quantitative estimate of drug-likeness (QED) is 0.190. The molecule has 0 unspecified atom stereocenters. The number of aromatic nitrogens is 2. The first-order valence-electron chi connectivity index (χ1n) is 17.3. The standard InChI is InChI=1S/C46H38N4/c1-45(2)35-17-5-9-21-39(35)49(40-22-10-6-18-36(40)45)43-27-34(32-16-14-26-48-30-32)44(28-33(43)31-15-13-25-47-29-31)50-41-23-11-7-19-37(41)46(3,4)38-20-8-12-24-42(38)50/h5-30H,1-4H3. The predicted molar refractivity (Wildman–Crippen MR) is 207 cm³/mol. The minimum atomic E-state index is -0.168. The van der Waals surface area contributed by atoms with Crippen molar-refractivity contribution in [3.63, 3.8) is 0 Å². The SMILES string of the molecule is CC1(C)c2ccccc2N(c2cc(-c3cccnc3)c(N3c4ccccc4C(C)(C)c4ccccc43)cc2-c2cccnc2)c2ccccc21. The van der Waals surface area contributed by atoms with Crippen LogP contribution in [0, 0.1) is 0 Å². The Morgan fingerprint density at radius 1 is 0.380 bits per heavy atom. The molecule has 4 heterocycles. The van der Waals surface area contributed by atoms with Crippen LogP contribution >= 0.6 is 0 Å². The number of hydrogen-bond acceptors (Lipinski definition) is 4. The predicted octanol–water partition coefficient (Wildman–Crippen LogP) is 12.0. The van der Waals surface area contributed by atoms with Crippen LogP contribution in [-0.4, -0.2) is 9.97 Å². The highest BCUT2D eigenvalue weighted by atomic mass is 15.2. The Balaban J connectivity index is 1.41. The second-order valence-corrected chi connectivity index (χ2v) is 14.4. The Hall–Kier alpha value is -6.00. The fourth-order valence-corrected chi connectivity index (χ4v) is 8.31. The van der Waals surface area contributed by atoms with Gasteiger partial charge in [0.25, 0.3) is 0 Å². The van der Waals surface area contributed by atoms with Gasteiger partial charge in [-0.1, -0.05) is 113 Å². The number of rotatable bonds is 4. The molecule has 0 amide bonds. The Kier molecular flexibility index (Phi) is 6.79. The molecule has 4 heteroatoms. The van der Waals surface area contributed by atoms with E-state index in [0.29, 0.717) is 0 Å². The second-order valence-electron chi connectivity index (χ2n) is 14.4. The summed E-state index contributed by atoms with van der Waals surface area (Å²) in [6.07, 6.45) is 7.67. The van der Waals surface area contributed by atoms with Gasteiger partial charge in [-0.3, -0.25) is 9.97 Å². The fraction of sp³-hybridized carbons (Fsp3) is 0.130. The molecule has 0 spiro atoms. The van der Waals surface area contributed by atoms with Crippen molar-refractivity contribution in [3.05, 3.63) is 181 Å². The molecule has 50 heavy (non-hydrogen) atoms. The third-order valence-corrected chi connectivity index (χ3v) is 10.8. The van der Waals surface area contributed by atoms with Gasteiger partial charge in [0.1, 0.15) is 0 Å². The monoisotopic (exact) mass is 646 g/mol. The highest BCUT2D eigenvalue weighted by Gasteiger charge is 2.40. The van der Waals surface area contributed by atoms with Crippen molar-refractivity contribution in [2.24, 2.45) is 0 Å². The van der Waals surface area contributed by atoms with Gasteiger partial charge in [0.05, 0.1) is 34.1 Å². The average molecular weight is 647 g/mol. The Morgan fingerprint density at radius 3 is 1.00 bits per heavy atom. The third kappa shape index (κ3) is 4.45. The van der Waals surface area contributed by atoms with E-state index in [-0.39, 0.29) is 10.8 Å². The van der Waals surface area contributed by atoms with Crippen LogP contribution in [0.5, 0.6) is 0 Å². The molecule has 0 aliphatic carbocycles. The lowest BCUT2D eigenvalue weighted by molar-refractivity contribution is 0.631. The van der Waals surface area contributed by atoms with E-state index in [1.165, 1.54) is 45.0 Å². The van der Waals surface area contributed by atoms with E-state index < -0.39 is 0 Å². The van der Waals surface area contributed by atoms with Crippen LogP contribution in [0.4, 0.5) is 34.1 Å². The van der Waals surface area contributed by atoms with Gasteiger partial charge in [-0.2, -0.15) is 0 Å². The van der Waals surface area contributed by atoms with Crippen LogP contribution < -0.4 is 9.80 Å². The molecule has 0 saturated heterocycles. The van der Waals surface area contributed by atoms with E-state index in [4.69, 9.17) is 0 Å². The first kappa shape index (κ1) is 30.1. The van der Waals surface area contributed by atoms with Crippen LogP contribution in [0.25, 0.3) is 22.3 Å². The van der Waals surface area contributed by atoms with Crippen LogP contribution in [0.3, 0.4) is 0 Å². The molecule has 4 nitrogen and oxygen atoms in total. The summed E-state index contributed by atoms with van der Waals surface area (Å²) in [4.78, 5) is 14.2. The molecule has 0 saturated carbocycles. The first-order valence-corrected chi connectivity index (χ1v) is 17.3. The van der Waals surface area contributed by atoms with Crippen molar-refractivity contribution in [3.8, 4) is 22.3 Å². The number of pyridine rings is 2. The molecule has 242 valence electrons. The van der Waals surface area contributed by atoms with Gasteiger partial charge >= 0.3 is 0 Å². The summed E-state index contributed by atoms with van der Waals surface area (Å²) in [7, 11) is 0. The summed E-state index contributed by atoms with van der Waals surface area (Å²) in [5.74, 6) is 0. The van der Waals surface area contributed by atoms with Gasteiger partial charge in [0.2, 0.25) is 0 Å². The number of anilines is 6. The highest BCUT2D eigenvalue weighted by molar-refractivity contribution is 6.01. The van der Waals surface area contributed by atoms with Gasteiger partial charge < -0.3 is 9.80 Å². The Bertz CT molecular complexity index is 2130. The summed E-state index contributed by atoms with van der Waals surface area (Å²) in [5, 5.41) is 0. The molecule has 0 bridgehead atoms. The van der Waals surface area contributed by atoms with Gasteiger partial charge in [-0.05, 0) is 70.8 Å². The largest absolute Gasteiger partial charge is 0.309 e. The van der Waals surface area contributed by atoms with E-state index in [0.717, 1.165) is 33.6 Å². The van der Waals surface area contributed by atoms with Gasteiger partial charge in [0.15, 0.2) is 0 Å². The van der Waals surface area contributed by atoms with E-state index in [2.05, 4.69) is 169 Å². The Morgan fingerprint density at radius 2 is 0.700 bits per heavy atom. The number of para-hydroxylation sites is 4. The lowest BCUT2D eigenvalue weighted by Crippen LogP contribution is -2.31. The molecular formula is C46H38N4. The van der Waals surface area contributed by atoms with E-state index >= 15 is 0 Å². The van der Waals surface area contributed by atoms with Crippen molar-refractivity contribution in [1.29, 1.82) is 0 Å². The lowest BCUT2D eigenvalue weighted by Gasteiger charge is -2.44. The van der Waals surface area contributed by atoms with Gasteiger partial charge in [-0.15, -0.1) is 0 Å². The zero-order chi connectivity index (χ0) is 34.0. The smallest absolute Gasteiger partial charge is 0.0548 e. The van der Waals surface area contributed by atoms with Crippen LogP contribution in [0.2, 0.25) is 0 Å². The molecule has 9 rings (SSSR count). The number of fused-ring (bicyclic) bond motifs is 4. The molecule has 0 N–H and O–H groups in total. The van der Waals surface area contributed by atoms with E-state index in [1.54, 1.807) is 0 Å². The molecule has 7 aromatic rings. The van der Waals surface area contributed by atoms with Crippen molar-refractivity contribution < 1.29 is 0 Å². The minimum absolute atomic E-state index is 0.168. The normalized spacial score (nSPS) is 15.0.